The largest absolute Gasteiger partial charge is 0.492 e. The first kappa shape index (κ1) is 23.7. The Morgan fingerprint density at radius 3 is 2.51 bits per heavy atom. The Balaban J connectivity index is 1.23. The molecule has 0 bridgehead atoms. The molecule has 0 atom stereocenters. The van der Waals surface area contributed by atoms with E-state index in [-0.39, 0.29) is 42.8 Å². The smallest absolute Gasteiger partial charge is 0.359 e. The van der Waals surface area contributed by atoms with E-state index in [1.165, 1.54) is 12.1 Å². The number of rotatable bonds is 9. The Morgan fingerprint density at radius 1 is 0.973 bits per heavy atom. The highest BCUT2D eigenvalue weighted by atomic mass is 16.5. The Morgan fingerprint density at radius 2 is 1.73 bits per heavy atom. The molecule has 2 aromatic carbocycles. The summed E-state index contributed by atoms with van der Waals surface area (Å²) < 4.78 is 23.1. The van der Waals surface area contributed by atoms with Crippen molar-refractivity contribution in [1.29, 1.82) is 0 Å². The summed E-state index contributed by atoms with van der Waals surface area (Å²) in [5.74, 6) is 0.695. The van der Waals surface area contributed by atoms with Gasteiger partial charge in [-0.2, -0.15) is 5.10 Å². The van der Waals surface area contributed by atoms with E-state index in [1.807, 2.05) is 48.5 Å². The molecule has 3 aromatic heterocycles. The third-order valence-corrected chi connectivity index (χ3v) is 5.31. The molecular formula is C26H21N5O6. The van der Waals surface area contributed by atoms with Crippen LogP contribution >= 0.6 is 0 Å². The van der Waals surface area contributed by atoms with Crippen molar-refractivity contribution in [3.63, 3.8) is 0 Å². The molecular weight excluding hydrogens is 478 g/mol. The average molecular weight is 499 g/mol. The van der Waals surface area contributed by atoms with Gasteiger partial charge in [0.25, 0.3) is 17.3 Å². The van der Waals surface area contributed by atoms with E-state index in [4.69, 9.17) is 18.4 Å². The number of hydrogen-bond acceptors (Lipinski definition) is 10. The highest BCUT2D eigenvalue weighted by Crippen LogP contribution is 2.33. The predicted octanol–water partition coefficient (Wildman–Crippen LogP) is 3.69. The number of carbonyl (C=O) groups is 1. The van der Waals surface area contributed by atoms with Gasteiger partial charge in [-0.15, -0.1) is 10.2 Å². The fourth-order valence-corrected chi connectivity index (χ4v) is 3.52. The predicted molar refractivity (Wildman–Crippen MR) is 130 cm³/mol. The van der Waals surface area contributed by atoms with E-state index >= 15 is 0 Å². The summed E-state index contributed by atoms with van der Waals surface area (Å²) in [5.41, 5.74) is 1.54. The summed E-state index contributed by atoms with van der Waals surface area (Å²) in [6, 6.07) is 21.2. The molecule has 0 amide bonds. The molecule has 11 nitrogen and oxygen atoms in total. The highest BCUT2D eigenvalue weighted by Gasteiger charge is 2.22. The maximum Gasteiger partial charge on any atom is 0.359 e. The fourth-order valence-electron chi connectivity index (χ4n) is 3.52. The number of ether oxygens (including phenoxy) is 2. The standard InChI is InChI=1S/C26H21N5O6/c1-17-23(24(30-37-17)18-8-4-2-5-9-18)25-28-27-21(36-25)16-35-26(33)20-12-13-22(32)31(29-20)14-15-34-19-10-6-3-7-11-19/h2-13H,14-16H2,1H3. The molecule has 0 spiro atoms. The van der Waals surface area contributed by atoms with Crippen LogP contribution < -0.4 is 10.3 Å². The third kappa shape index (κ3) is 5.45. The van der Waals surface area contributed by atoms with Crippen LogP contribution in [0.15, 0.2) is 86.5 Å². The van der Waals surface area contributed by atoms with Crippen LogP contribution in [0, 0.1) is 6.92 Å². The van der Waals surface area contributed by atoms with Crippen LogP contribution in [0.4, 0.5) is 0 Å². The van der Waals surface area contributed by atoms with Gasteiger partial charge in [-0.05, 0) is 25.1 Å². The van der Waals surface area contributed by atoms with Gasteiger partial charge < -0.3 is 18.4 Å². The van der Waals surface area contributed by atoms with Crippen molar-refractivity contribution in [3.8, 4) is 28.5 Å². The molecule has 0 N–H and O–H groups in total. The minimum absolute atomic E-state index is 0.0414. The molecule has 186 valence electrons. The Labute approximate surface area is 210 Å². The summed E-state index contributed by atoms with van der Waals surface area (Å²) in [4.78, 5) is 24.7. The van der Waals surface area contributed by atoms with Crippen molar-refractivity contribution in [2.24, 2.45) is 0 Å². The molecule has 37 heavy (non-hydrogen) atoms. The number of esters is 1. The zero-order valence-electron chi connectivity index (χ0n) is 19.7. The zero-order chi connectivity index (χ0) is 25.6. The van der Waals surface area contributed by atoms with Crippen molar-refractivity contribution < 1.29 is 23.2 Å². The normalized spacial score (nSPS) is 10.8. The SMILES string of the molecule is Cc1onc(-c2ccccc2)c1-c1nnc(COC(=O)c2ccc(=O)n(CCOc3ccccc3)n2)o1. The van der Waals surface area contributed by atoms with E-state index in [9.17, 15) is 9.59 Å². The summed E-state index contributed by atoms with van der Waals surface area (Å²) in [5, 5.41) is 16.2. The van der Waals surface area contributed by atoms with Crippen molar-refractivity contribution in [1.82, 2.24) is 25.1 Å². The van der Waals surface area contributed by atoms with Crippen LogP contribution in [0.1, 0.15) is 22.1 Å². The van der Waals surface area contributed by atoms with E-state index in [1.54, 1.807) is 19.1 Å². The fraction of sp³-hybridized carbons (Fsp3) is 0.154. The number of para-hydroxylation sites is 1. The first-order chi connectivity index (χ1) is 18.1. The van der Waals surface area contributed by atoms with Gasteiger partial charge in [0.05, 0.1) is 6.54 Å². The molecule has 0 aliphatic carbocycles. The number of aromatic nitrogens is 5. The van der Waals surface area contributed by atoms with E-state index in [0.717, 1.165) is 10.2 Å². The Bertz CT molecular complexity index is 1560. The molecule has 0 saturated heterocycles. The van der Waals surface area contributed by atoms with Gasteiger partial charge in [-0.1, -0.05) is 53.7 Å². The third-order valence-electron chi connectivity index (χ3n) is 5.31. The molecule has 5 rings (SSSR count). The van der Waals surface area contributed by atoms with Crippen LogP contribution in [0.3, 0.4) is 0 Å². The lowest BCUT2D eigenvalue weighted by molar-refractivity contribution is 0.0428. The van der Waals surface area contributed by atoms with Crippen LogP contribution in [0.25, 0.3) is 22.7 Å². The molecule has 5 aromatic rings. The maximum absolute atomic E-state index is 12.6. The minimum Gasteiger partial charge on any atom is -0.492 e. The van der Waals surface area contributed by atoms with Crippen molar-refractivity contribution in [3.05, 3.63) is 100 Å². The van der Waals surface area contributed by atoms with Gasteiger partial charge in [0.15, 0.2) is 12.3 Å². The first-order valence-electron chi connectivity index (χ1n) is 11.4. The number of carbonyl (C=O) groups excluding carboxylic acids is 1. The van der Waals surface area contributed by atoms with Gasteiger partial charge >= 0.3 is 5.97 Å². The molecule has 0 aliphatic heterocycles. The number of aryl methyl sites for hydroxylation is 1. The average Bonchev–Trinajstić information content (AvgIpc) is 3.55. The molecule has 3 heterocycles. The zero-order valence-corrected chi connectivity index (χ0v) is 19.7. The van der Waals surface area contributed by atoms with Crippen LogP contribution in [0.5, 0.6) is 5.75 Å². The van der Waals surface area contributed by atoms with Crippen molar-refractivity contribution in [2.45, 2.75) is 20.1 Å². The van der Waals surface area contributed by atoms with Gasteiger partial charge in [0.2, 0.25) is 0 Å². The molecule has 0 saturated carbocycles. The second-order valence-electron chi connectivity index (χ2n) is 7.85. The monoisotopic (exact) mass is 499 g/mol. The number of hydrogen-bond donors (Lipinski definition) is 0. The quantitative estimate of drug-likeness (QED) is 0.276. The lowest BCUT2D eigenvalue weighted by Gasteiger charge is -2.08. The highest BCUT2D eigenvalue weighted by molar-refractivity contribution is 5.86. The maximum atomic E-state index is 12.6. The van der Waals surface area contributed by atoms with Gasteiger partial charge in [0, 0.05) is 11.6 Å². The number of benzene rings is 2. The van der Waals surface area contributed by atoms with Crippen molar-refractivity contribution >= 4 is 5.97 Å². The van der Waals surface area contributed by atoms with E-state index in [0.29, 0.717) is 22.8 Å². The van der Waals surface area contributed by atoms with E-state index < -0.39 is 5.97 Å². The van der Waals surface area contributed by atoms with Gasteiger partial charge in [-0.3, -0.25) is 4.79 Å². The first-order valence-corrected chi connectivity index (χ1v) is 11.4. The summed E-state index contributed by atoms with van der Waals surface area (Å²) >= 11 is 0. The van der Waals surface area contributed by atoms with Gasteiger partial charge in [-0.25, -0.2) is 9.48 Å². The van der Waals surface area contributed by atoms with Crippen molar-refractivity contribution in [2.75, 3.05) is 6.61 Å². The molecule has 0 fully saturated rings. The molecule has 0 radical (unpaired) electrons. The van der Waals surface area contributed by atoms with Crippen LogP contribution in [-0.4, -0.2) is 37.7 Å². The molecule has 0 aliphatic rings. The Hall–Kier alpha value is -5.06. The summed E-state index contributed by atoms with van der Waals surface area (Å²) in [6.07, 6.45) is 0. The van der Waals surface area contributed by atoms with Gasteiger partial charge in [0.1, 0.15) is 29.4 Å². The second-order valence-corrected chi connectivity index (χ2v) is 7.85. The molecule has 11 heteroatoms. The second kappa shape index (κ2) is 10.7. The lowest BCUT2D eigenvalue weighted by atomic mass is 10.1. The summed E-state index contributed by atoms with van der Waals surface area (Å²) in [6.45, 7) is 1.82. The topological polar surface area (TPSA) is 135 Å². The molecule has 0 unspecified atom stereocenters. The van der Waals surface area contributed by atoms with Crippen LogP contribution in [-0.2, 0) is 17.9 Å². The van der Waals surface area contributed by atoms with Crippen LogP contribution in [0.2, 0.25) is 0 Å². The lowest BCUT2D eigenvalue weighted by Crippen LogP contribution is -2.27. The Kier molecular flexibility index (Phi) is 6.84. The van der Waals surface area contributed by atoms with E-state index in [2.05, 4.69) is 20.5 Å². The summed E-state index contributed by atoms with van der Waals surface area (Å²) in [7, 11) is 0. The number of nitrogens with zero attached hydrogens (tertiary/aromatic N) is 5. The minimum atomic E-state index is -0.747.